The maximum absolute atomic E-state index is 5.25. The predicted octanol–water partition coefficient (Wildman–Crippen LogP) is 14.6. The Morgan fingerprint density at radius 2 is 0.621 bits per heavy atom. The Kier molecular flexibility index (Phi) is 7.23. The maximum atomic E-state index is 5.25. The molecule has 0 radical (unpaired) electrons. The molecular formula is C55H33N3. The lowest BCUT2D eigenvalue weighted by Gasteiger charge is -2.19. The van der Waals surface area contributed by atoms with Crippen molar-refractivity contribution < 1.29 is 0 Å². The number of benzene rings is 10. The molecule has 0 aliphatic carbocycles. The Hall–Kier alpha value is -7.75. The van der Waals surface area contributed by atoms with Crippen LogP contribution in [0.2, 0.25) is 0 Å². The van der Waals surface area contributed by atoms with Crippen LogP contribution in [-0.4, -0.2) is 15.0 Å². The zero-order valence-corrected chi connectivity index (χ0v) is 31.4. The summed E-state index contributed by atoms with van der Waals surface area (Å²) < 4.78 is 0. The first-order valence-electron chi connectivity index (χ1n) is 19.8. The average molecular weight is 736 g/mol. The van der Waals surface area contributed by atoms with Crippen molar-refractivity contribution in [2.75, 3.05) is 0 Å². The number of hydrogen-bond donors (Lipinski definition) is 0. The second kappa shape index (κ2) is 12.9. The second-order valence-corrected chi connectivity index (χ2v) is 15.1. The minimum absolute atomic E-state index is 0.647. The second-order valence-electron chi connectivity index (χ2n) is 15.1. The standard InChI is InChI=1S/C55H33N3/c1-3-16-35(17-4-1)53-56-54(36-18-5-2-6-19-36)58-55(57-53)52-46-27-13-11-25-44(46)49(45-26-12-14-28-47(45)52)38-32-37-31-30-34-20-15-29-43-41-23-9-7-21-39(41)40-22-8-10-24-42(40)48(33-38)51(37)50(34)43/h1-33H. The Balaban J connectivity index is 1.21. The molecule has 0 unspecified atom stereocenters. The summed E-state index contributed by atoms with van der Waals surface area (Å²) >= 11 is 0. The molecule has 0 aliphatic rings. The maximum Gasteiger partial charge on any atom is 0.165 e. The van der Waals surface area contributed by atoms with Crippen molar-refractivity contribution >= 4 is 75.4 Å². The normalized spacial score (nSPS) is 11.8. The number of rotatable bonds is 4. The van der Waals surface area contributed by atoms with Crippen LogP contribution < -0.4 is 0 Å². The van der Waals surface area contributed by atoms with Crippen molar-refractivity contribution in [2.24, 2.45) is 0 Å². The van der Waals surface area contributed by atoms with E-state index in [1.54, 1.807) is 0 Å². The summed E-state index contributed by atoms with van der Waals surface area (Å²) in [6, 6.07) is 71.9. The van der Waals surface area contributed by atoms with Crippen LogP contribution in [-0.2, 0) is 0 Å². The van der Waals surface area contributed by atoms with Gasteiger partial charge in [-0.25, -0.2) is 15.0 Å². The fourth-order valence-corrected chi connectivity index (χ4v) is 9.33. The zero-order valence-electron chi connectivity index (χ0n) is 31.4. The number of aromatic nitrogens is 3. The van der Waals surface area contributed by atoms with E-state index in [0.29, 0.717) is 17.5 Å². The molecule has 12 rings (SSSR count). The molecule has 0 N–H and O–H groups in total. The fraction of sp³-hybridized carbons (Fsp3) is 0. The first-order chi connectivity index (χ1) is 28.8. The van der Waals surface area contributed by atoms with Gasteiger partial charge in [-0.05, 0) is 98.7 Å². The highest BCUT2D eigenvalue weighted by molar-refractivity contribution is 6.34. The molecule has 0 bridgehead atoms. The molecule has 12 aromatic rings. The molecule has 268 valence electrons. The molecule has 0 saturated heterocycles. The summed E-state index contributed by atoms with van der Waals surface area (Å²) in [5, 5.41) is 17.0. The smallest absolute Gasteiger partial charge is 0.165 e. The SMILES string of the molecule is c1ccc(-c2nc(-c3ccccc3)nc(-c3c4ccccc4c(-c4cc5ccc6cccc7c8ccccc8c8ccccc8c(c4)c5c67)c4ccccc34)n2)cc1. The molecule has 3 nitrogen and oxygen atoms in total. The predicted molar refractivity (Wildman–Crippen MR) is 244 cm³/mol. The lowest BCUT2D eigenvalue weighted by atomic mass is 9.85. The lowest BCUT2D eigenvalue weighted by molar-refractivity contribution is 1.08. The molecule has 1 heterocycles. The first kappa shape index (κ1) is 32.5. The van der Waals surface area contributed by atoms with Crippen LogP contribution in [0.5, 0.6) is 0 Å². The van der Waals surface area contributed by atoms with Gasteiger partial charge in [0.05, 0.1) is 0 Å². The van der Waals surface area contributed by atoms with E-state index in [0.717, 1.165) is 38.2 Å². The summed E-state index contributed by atoms with van der Waals surface area (Å²) in [5.74, 6) is 1.95. The van der Waals surface area contributed by atoms with Crippen molar-refractivity contribution in [3.63, 3.8) is 0 Å². The average Bonchev–Trinajstić information content (AvgIpc) is 3.30. The Bertz CT molecular complexity index is 3500. The van der Waals surface area contributed by atoms with Crippen molar-refractivity contribution in [3.8, 4) is 45.3 Å². The van der Waals surface area contributed by atoms with E-state index in [-0.39, 0.29) is 0 Å². The minimum Gasteiger partial charge on any atom is -0.208 e. The van der Waals surface area contributed by atoms with Gasteiger partial charge >= 0.3 is 0 Å². The Morgan fingerprint density at radius 1 is 0.224 bits per heavy atom. The van der Waals surface area contributed by atoms with Crippen LogP contribution in [0.3, 0.4) is 0 Å². The van der Waals surface area contributed by atoms with Gasteiger partial charge in [-0.2, -0.15) is 0 Å². The molecule has 0 saturated carbocycles. The van der Waals surface area contributed by atoms with Crippen LogP contribution >= 0.6 is 0 Å². The topological polar surface area (TPSA) is 38.7 Å². The Morgan fingerprint density at radius 3 is 1.17 bits per heavy atom. The molecule has 3 heteroatoms. The van der Waals surface area contributed by atoms with E-state index in [2.05, 4.69) is 164 Å². The third kappa shape index (κ3) is 4.97. The fourth-order valence-electron chi connectivity index (χ4n) is 9.33. The van der Waals surface area contributed by atoms with E-state index in [9.17, 15) is 0 Å². The molecule has 0 spiro atoms. The van der Waals surface area contributed by atoms with Crippen LogP contribution in [0.25, 0.3) is 121 Å². The van der Waals surface area contributed by atoms with Gasteiger partial charge in [0, 0.05) is 16.7 Å². The van der Waals surface area contributed by atoms with E-state index >= 15 is 0 Å². The summed E-state index contributed by atoms with van der Waals surface area (Å²) in [6.07, 6.45) is 0. The summed E-state index contributed by atoms with van der Waals surface area (Å²) in [7, 11) is 0. The van der Waals surface area contributed by atoms with Crippen LogP contribution in [0.4, 0.5) is 0 Å². The lowest BCUT2D eigenvalue weighted by Crippen LogP contribution is -2.01. The van der Waals surface area contributed by atoms with E-state index in [1.165, 1.54) is 65.0 Å². The van der Waals surface area contributed by atoms with Gasteiger partial charge in [-0.1, -0.05) is 188 Å². The van der Waals surface area contributed by atoms with E-state index in [1.807, 2.05) is 36.4 Å². The van der Waals surface area contributed by atoms with Gasteiger partial charge in [0.15, 0.2) is 17.5 Å². The third-order valence-electron chi connectivity index (χ3n) is 11.8. The first-order valence-corrected chi connectivity index (χ1v) is 19.8. The number of nitrogens with zero attached hydrogens (tertiary/aromatic N) is 3. The van der Waals surface area contributed by atoms with Crippen molar-refractivity contribution in [3.05, 3.63) is 200 Å². The van der Waals surface area contributed by atoms with E-state index < -0.39 is 0 Å². The van der Waals surface area contributed by atoms with Crippen molar-refractivity contribution in [1.29, 1.82) is 0 Å². The van der Waals surface area contributed by atoms with Crippen molar-refractivity contribution in [1.82, 2.24) is 15.0 Å². The number of hydrogen-bond acceptors (Lipinski definition) is 3. The van der Waals surface area contributed by atoms with Crippen LogP contribution in [0.1, 0.15) is 0 Å². The molecule has 0 fully saturated rings. The van der Waals surface area contributed by atoms with Crippen molar-refractivity contribution in [2.45, 2.75) is 0 Å². The molecule has 58 heavy (non-hydrogen) atoms. The highest BCUT2D eigenvalue weighted by Gasteiger charge is 2.22. The van der Waals surface area contributed by atoms with Crippen LogP contribution in [0.15, 0.2) is 200 Å². The molecule has 1 aromatic heterocycles. The van der Waals surface area contributed by atoms with Crippen LogP contribution in [0, 0.1) is 0 Å². The molecule has 11 aromatic carbocycles. The summed E-state index contributed by atoms with van der Waals surface area (Å²) in [6.45, 7) is 0. The summed E-state index contributed by atoms with van der Waals surface area (Å²) in [5.41, 5.74) is 5.27. The van der Waals surface area contributed by atoms with Gasteiger partial charge in [0.1, 0.15) is 0 Å². The number of fused-ring (bicyclic) bond motifs is 7. The minimum atomic E-state index is 0.647. The highest BCUT2D eigenvalue weighted by Crippen LogP contribution is 2.47. The molecular weight excluding hydrogens is 703 g/mol. The van der Waals surface area contributed by atoms with Gasteiger partial charge < -0.3 is 0 Å². The van der Waals surface area contributed by atoms with E-state index in [4.69, 9.17) is 15.0 Å². The van der Waals surface area contributed by atoms with Gasteiger partial charge in [0.25, 0.3) is 0 Å². The third-order valence-corrected chi connectivity index (χ3v) is 11.8. The summed E-state index contributed by atoms with van der Waals surface area (Å²) in [4.78, 5) is 15.5. The van der Waals surface area contributed by atoms with Gasteiger partial charge in [-0.15, -0.1) is 0 Å². The zero-order chi connectivity index (χ0) is 38.2. The van der Waals surface area contributed by atoms with Gasteiger partial charge in [0.2, 0.25) is 0 Å². The highest BCUT2D eigenvalue weighted by atomic mass is 15.0. The molecule has 0 aliphatic heterocycles. The molecule has 0 amide bonds. The quantitative estimate of drug-likeness (QED) is 0.133. The largest absolute Gasteiger partial charge is 0.208 e. The monoisotopic (exact) mass is 735 g/mol. The van der Waals surface area contributed by atoms with Gasteiger partial charge in [-0.3, -0.25) is 0 Å². The Labute approximate surface area is 334 Å². The molecule has 0 atom stereocenters.